The number of anilines is 3. The van der Waals surface area contributed by atoms with Crippen LogP contribution in [0.3, 0.4) is 0 Å². The summed E-state index contributed by atoms with van der Waals surface area (Å²) < 4.78 is 0. The summed E-state index contributed by atoms with van der Waals surface area (Å²) in [5.74, 6) is 2.32. The van der Waals surface area contributed by atoms with Crippen LogP contribution in [0.4, 0.5) is 17.3 Å². The SMILES string of the molecule is CCCCN(CCCC)c1cc(C)c2c(n1)N(c1ccccc1)CC2. The first-order valence-electron chi connectivity index (χ1n) is 9.82. The van der Waals surface area contributed by atoms with Gasteiger partial charge in [-0.25, -0.2) is 4.98 Å². The predicted molar refractivity (Wildman–Crippen MR) is 108 cm³/mol. The molecule has 0 unspecified atom stereocenters. The number of benzene rings is 1. The fourth-order valence-electron chi connectivity index (χ4n) is 3.59. The van der Waals surface area contributed by atoms with Gasteiger partial charge in [0.2, 0.25) is 0 Å². The minimum atomic E-state index is 1.03. The lowest BCUT2D eigenvalue weighted by atomic mass is 10.1. The van der Waals surface area contributed by atoms with Gasteiger partial charge in [-0.2, -0.15) is 0 Å². The molecular formula is C22H31N3. The Labute approximate surface area is 152 Å². The zero-order valence-electron chi connectivity index (χ0n) is 16.0. The van der Waals surface area contributed by atoms with E-state index in [1.807, 2.05) is 0 Å². The van der Waals surface area contributed by atoms with E-state index in [9.17, 15) is 0 Å². The van der Waals surface area contributed by atoms with Crippen molar-refractivity contribution in [2.75, 3.05) is 29.4 Å². The van der Waals surface area contributed by atoms with Crippen molar-refractivity contribution in [2.24, 2.45) is 0 Å². The van der Waals surface area contributed by atoms with Crippen molar-refractivity contribution in [3.63, 3.8) is 0 Å². The van der Waals surface area contributed by atoms with Gasteiger partial charge in [0.15, 0.2) is 0 Å². The fourth-order valence-corrected chi connectivity index (χ4v) is 3.59. The molecule has 0 aliphatic carbocycles. The van der Waals surface area contributed by atoms with E-state index in [-0.39, 0.29) is 0 Å². The van der Waals surface area contributed by atoms with Gasteiger partial charge in [-0.1, -0.05) is 44.9 Å². The summed E-state index contributed by atoms with van der Waals surface area (Å²) in [4.78, 5) is 10.00. The zero-order valence-corrected chi connectivity index (χ0v) is 16.0. The Balaban J connectivity index is 1.93. The third-order valence-corrected chi connectivity index (χ3v) is 5.11. The molecule has 3 rings (SSSR count). The Hall–Kier alpha value is -2.03. The van der Waals surface area contributed by atoms with Gasteiger partial charge < -0.3 is 9.80 Å². The number of pyridine rings is 1. The quantitative estimate of drug-likeness (QED) is 0.635. The van der Waals surface area contributed by atoms with Crippen molar-refractivity contribution in [1.29, 1.82) is 0 Å². The van der Waals surface area contributed by atoms with Crippen LogP contribution in [-0.4, -0.2) is 24.6 Å². The lowest BCUT2D eigenvalue weighted by molar-refractivity contribution is 0.671. The third kappa shape index (κ3) is 3.97. The lowest BCUT2D eigenvalue weighted by Crippen LogP contribution is -2.27. The van der Waals surface area contributed by atoms with Gasteiger partial charge >= 0.3 is 0 Å². The fraction of sp³-hybridized carbons (Fsp3) is 0.500. The summed E-state index contributed by atoms with van der Waals surface area (Å²) in [6, 6.07) is 13.0. The molecule has 1 aromatic carbocycles. The molecule has 1 aliphatic rings. The standard InChI is InChI=1S/C22H31N3/c1-4-6-14-24(15-7-5-2)21-17-18(3)20-13-16-25(22(20)23-21)19-11-9-8-10-12-19/h8-12,17H,4-7,13-16H2,1-3H3. The maximum Gasteiger partial charge on any atom is 0.138 e. The summed E-state index contributed by atoms with van der Waals surface area (Å²) in [6.07, 6.45) is 5.99. The summed E-state index contributed by atoms with van der Waals surface area (Å²) in [7, 11) is 0. The van der Waals surface area contributed by atoms with E-state index in [2.05, 4.69) is 67.0 Å². The third-order valence-electron chi connectivity index (χ3n) is 5.11. The number of para-hydroxylation sites is 1. The van der Waals surface area contributed by atoms with Gasteiger partial charge in [-0.05, 0) is 55.5 Å². The highest BCUT2D eigenvalue weighted by atomic mass is 15.3. The van der Waals surface area contributed by atoms with Gasteiger partial charge in [0.05, 0.1) is 0 Å². The van der Waals surface area contributed by atoms with Crippen LogP contribution in [0.25, 0.3) is 0 Å². The van der Waals surface area contributed by atoms with E-state index in [0.29, 0.717) is 0 Å². The Morgan fingerprint density at radius 2 is 1.72 bits per heavy atom. The maximum absolute atomic E-state index is 5.13. The largest absolute Gasteiger partial charge is 0.357 e. The Kier molecular flexibility index (Phi) is 5.95. The monoisotopic (exact) mass is 337 g/mol. The number of rotatable bonds is 8. The Morgan fingerprint density at radius 3 is 2.36 bits per heavy atom. The van der Waals surface area contributed by atoms with Crippen LogP contribution in [0.1, 0.15) is 50.7 Å². The molecule has 0 N–H and O–H groups in total. The molecule has 0 saturated heterocycles. The molecule has 1 aromatic heterocycles. The number of fused-ring (bicyclic) bond motifs is 1. The average Bonchev–Trinajstić information content (AvgIpc) is 3.07. The number of nitrogens with zero attached hydrogens (tertiary/aromatic N) is 3. The van der Waals surface area contributed by atoms with E-state index in [0.717, 1.165) is 31.9 Å². The molecule has 0 saturated carbocycles. The summed E-state index contributed by atoms with van der Waals surface area (Å²) >= 11 is 0. The smallest absolute Gasteiger partial charge is 0.138 e. The highest BCUT2D eigenvalue weighted by Gasteiger charge is 2.25. The number of hydrogen-bond acceptors (Lipinski definition) is 3. The first-order chi connectivity index (χ1) is 12.2. The number of unbranched alkanes of at least 4 members (excludes halogenated alkanes) is 2. The van der Waals surface area contributed by atoms with Gasteiger partial charge in [0, 0.05) is 25.3 Å². The van der Waals surface area contributed by atoms with Crippen LogP contribution in [0.15, 0.2) is 36.4 Å². The predicted octanol–water partition coefficient (Wildman–Crippen LogP) is 5.49. The highest BCUT2D eigenvalue weighted by Crippen LogP contribution is 2.36. The molecule has 25 heavy (non-hydrogen) atoms. The summed E-state index contributed by atoms with van der Waals surface area (Å²) in [6.45, 7) is 10.0. The molecule has 3 nitrogen and oxygen atoms in total. The molecule has 3 heteroatoms. The minimum absolute atomic E-state index is 1.03. The van der Waals surface area contributed by atoms with E-state index in [4.69, 9.17) is 4.98 Å². The normalized spacial score (nSPS) is 13.2. The molecule has 0 atom stereocenters. The van der Waals surface area contributed by atoms with Crippen LogP contribution in [0, 0.1) is 6.92 Å². The van der Waals surface area contributed by atoms with Crippen molar-refractivity contribution < 1.29 is 0 Å². The minimum Gasteiger partial charge on any atom is -0.357 e. The molecular weight excluding hydrogens is 306 g/mol. The molecule has 134 valence electrons. The van der Waals surface area contributed by atoms with E-state index < -0.39 is 0 Å². The molecule has 1 aliphatic heterocycles. The van der Waals surface area contributed by atoms with Crippen LogP contribution < -0.4 is 9.80 Å². The van der Waals surface area contributed by atoms with Gasteiger partial charge in [0.1, 0.15) is 11.6 Å². The number of hydrogen-bond donors (Lipinski definition) is 0. The molecule has 0 bridgehead atoms. The first kappa shape index (κ1) is 17.8. The van der Waals surface area contributed by atoms with Crippen molar-refractivity contribution in [2.45, 2.75) is 52.9 Å². The molecule has 0 radical (unpaired) electrons. The van der Waals surface area contributed by atoms with Crippen molar-refractivity contribution >= 4 is 17.3 Å². The zero-order chi connectivity index (χ0) is 17.6. The Morgan fingerprint density at radius 1 is 1.04 bits per heavy atom. The molecule has 0 fully saturated rings. The summed E-state index contributed by atoms with van der Waals surface area (Å²) in [5, 5.41) is 0. The highest BCUT2D eigenvalue weighted by molar-refractivity contribution is 5.70. The molecule has 0 spiro atoms. The summed E-state index contributed by atoms with van der Waals surface area (Å²) in [5.41, 5.74) is 4.05. The van der Waals surface area contributed by atoms with Crippen molar-refractivity contribution in [1.82, 2.24) is 4.98 Å². The number of aromatic nitrogens is 1. The maximum atomic E-state index is 5.13. The van der Waals surface area contributed by atoms with E-state index in [1.165, 1.54) is 48.3 Å². The van der Waals surface area contributed by atoms with Crippen LogP contribution >= 0.6 is 0 Å². The number of aryl methyl sites for hydroxylation is 1. The first-order valence-corrected chi connectivity index (χ1v) is 9.82. The Bertz CT molecular complexity index is 673. The van der Waals surface area contributed by atoms with Crippen LogP contribution in [-0.2, 0) is 6.42 Å². The molecule has 2 aromatic rings. The van der Waals surface area contributed by atoms with Gasteiger partial charge in [-0.3, -0.25) is 0 Å². The molecule has 2 heterocycles. The van der Waals surface area contributed by atoms with E-state index in [1.54, 1.807) is 0 Å². The van der Waals surface area contributed by atoms with Crippen molar-refractivity contribution in [3.05, 3.63) is 47.5 Å². The topological polar surface area (TPSA) is 19.4 Å². The lowest BCUT2D eigenvalue weighted by Gasteiger charge is -2.26. The van der Waals surface area contributed by atoms with Gasteiger partial charge in [0.25, 0.3) is 0 Å². The van der Waals surface area contributed by atoms with Gasteiger partial charge in [-0.15, -0.1) is 0 Å². The van der Waals surface area contributed by atoms with Crippen LogP contribution in [0.2, 0.25) is 0 Å². The molecule has 0 amide bonds. The van der Waals surface area contributed by atoms with Crippen molar-refractivity contribution in [3.8, 4) is 0 Å². The van der Waals surface area contributed by atoms with Crippen LogP contribution in [0.5, 0.6) is 0 Å². The second-order valence-electron chi connectivity index (χ2n) is 7.03. The average molecular weight is 338 g/mol. The van der Waals surface area contributed by atoms with E-state index >= 15 is 0 Å². The second kappa shape index (κ2) is 8.37. The second-order valence-corrected chi connectivity index (χ2v) is 7.03.